The van der Waals surface area contributed by atoms with Crippen molar-refractivity contribution >= 4 is 76.5 Å². The standard InChI is InChI=1S/C30H26N8O9S2.2Na/c1-15-9-24(37-35-22-8-3-17(31)12-21(22)32)26(47-2)14-23(15)36-33-18-4-6-19(7-5-18)34-38-29-27(49(44,45)46)11-16-10-20(48(41,42)43)13-25(39)28(16)30(29)40;;/h3-14,39-40H,31-32H2,1-2H3,(H,41,42,43)(H,44,45,46);;/q;2*+1/p-2. The van der Waals surface area contributed by atoms with Gasteiger partial charge in [0.15, 0.2) is 0 Å². The van der Waals surface area contributed by atoms with Crippen LogP contribution < -0.4 is 85.5 Å². The summed E-state index contributed by atoms with van der Waals surface area (Å²) in [5, 5.41) is 49.0. The topological polar surface area (TPSA) is 290 Å². The van der Waals surface area contributed by atoms with Crippen LogP contribution in [0.5, 0.6) is 17.2 Å². The van der Waals surface area contributed by atoms with Gasteiger partial charge in [0, 0.05) is 11.8 Å². The molecule has 0 unspecified atom stereocenters. The van der Waals surface area contributed by atoms with Crippen molar-refractivity contribution < 1.29 is 100 Å². The first-order valence-corrected chi connectivity index (χ1v) is 16.6. The smallest absolute Gasteiger partial charge is 0.872 e. The number of fused-ring (bicyclic) bond motifs is 1. The number of nitrogens with two attached hydrogens (primary N) is 2. The van der Waals surface area contributed by atoms with E-state index >= 15 is 0 Å². The molecule has 0 aromatic heterocycles. The van der Waals surface area contributed by atoms with Crippen molar-refractivity contribution in [2.24, 2.45) is 30.7 Å². The van der Waals surface area contributed by atoms with Gasteiger partial charge in [0.05, 0.1) is 40.4 Å². The molecule has 0 aliphatic rings. The third-order valence-electron chi connectivity index (χ3n) is 6.85. The molecule has 6 N–H and O–H groups in total. The van der Waals surface area contributed by atoms with E-state index in [0.29, 0.717) is 63.6 Å². The SMILES string of the molecule is COc1cc(N=Nc2ccc(N=Nc3c(S(=O)(=O)O)cc4cc(S(=O)(=O)O)cc([O-])c4c3[O-])cc2)c(C)cc1N=Nc1ccc(N)cc1N.[Na+].[Na+]. The van der Waals surface area contributed by atoms with Crippen LogP contribution in [0, 0.1) is 6.92 Å². The van der Waals surface area contributed by atoms with Gasteiger partial charge in [0.2, 0.25) is 0 Å². The average Bonchev–Trinajstić information content (AvgIpc) is 3.02. The van der Waals surface area contributed by atoms with Gasteiger partial charge in [-0.1, -0.05) is 5.75 Å². The molecule has 51 heavy (non-hydrogen) atoms. The molecule has 0 saturated heterocycles. The molecule has 252 valence electrons. The van der Waals surface area contributed by atoms with Crippen LogP contribution in [0.15, 0.2) is 113 Å². The molecule has 0 aliphatic heterocycles. The molecule has 0 saturated carbocycles. The Morgan fingerprint density at radius 2 is 1.27 bits per heavy atom. The second-order valence-corrected chi connectivity index (χ2v) is 13.1. The van der Waals surface area contributed by atoms with Crippen LogP contribution >= 0.6 is 0 Å². The molecule has 0 atom stereocenters. The monoisotopic (exact) mass is 750 g/mol. The van der Waals surface area contributed by atoms with Crippen LogP contribution in [-0.2, 0) is 20.2 Å². The van der Waals surface area contributed by atoms with Gasteiger partial charge in [0.1, 0.15) is 22.0 Å². The van der Waals surface area contributed by atoms with Gasteiger partial charge in [-0.15, -0.1) is 21.1 Å². The summed E-state index contributed by atoms with van der Waals surface area (Å²) in [5.74, 6) is -2.00. The zero-order valence-electron chi connectivity index (χ0n) is 27.3. The minimum atomic E-state index is -5.11. The van der Waals surface area contributed by atoms with Crippen molar-refractivity contribution in [3.8, 4) is 17.2 Å². The number of nitrogen functional groups attached to an aromatic ring is 2. The van der Waals surface area contributed by atoms with Crippen LogP contribution in [0.4, 0.5) is 45.5 Å². The fourth-order valence-electron chi connectivity index (χ4n) is 4.44. The minimum absolute atomic E-state index is 0. The van der Waals surface area contributed by atoms with E-state index in [1.54, 1.807) is 37.3 Å². The summed E-state index contributed by atoms with van der Waals surface area (Å²) >= 11 is 0. The molecule has 0 bridgehead atoms. The first-order chi connectivity index (χ1) is 23.0. The summed E-state index contributed by atoms with van der Waals surface area (Å²) in [4.78, 5) is -1.90. The Balaban J connectivity index is 0.00000351. The summed E-state index contributed by atoms with van der Waals surface area (Å²) in [6.07, 6.45) is 0. The zero-order valence-corrected chi connectivity index (χ0v) is 33.0. The molecule has 0 spiro atoms. The number of hydrogen-bond acceptors (Lipinski definition) is 15. The molecular formula is C30H24N8Na2O9S2. The molecule has 0 aliphatic carbocycles. The normalized spacial score (nSPS) is 12.0. The Hall–Kier alpha value is -4.02. The van der Waals surface area contributed by atoms with Crippen molar-refractivity contribution in [1.82, 2.24) is 0 Å². The van der Waals surface area contributed by atoms with E-state index in [9.17, 15) is 36.2 Å². The molecule has 0 radical (unpaired) electrons. The van der Waals surface area contributed by atoms with Gasteiger partial charge in [-0.25, -0.2) is 0 Å². The fraction of sp³-hybridized carbons (Fsp3) is 0.0667. The van der Waals surface area contributed by atoms with E-state index in [2.05, 4.69) is 30.7 Å². The third kappa shape index (κ3) is 9.65. The fourth-order valence-corrected chi connectivity index (χ4v) is 5.62. The zero-order chi connectivity index (χ0) is 35.7. The van der Waals surface area contributed by atoms with E-state index in [1.807, 2.05) is 0 Å². The summed E-state index contributed by atoms with van der Waals surface area (Å²) < 4.78 is 71.6. The summed E-state index contributed by atoms with van der Waals surface area (Å²) in [6.45, 7) is 1.79. The van der Waals surface area contributed by atoms with Gasteiger partial charge >= 0.3 is 59.1 Å². The second kappa shape index (κ2) is 16.5. The first-order valence-electron chi connectivity index (χ1n) is 13.7. The summed E-state index contributed by atoms with van der Waals surface area (Å²) in [5.41, 5.74) is 14.1. The van der Waals surface area contributed by atoms with Gasteiger partial charge in [-0.2, -0.15) is 32.2 Å². The quantitative estimate of drug-likeness (QED) is 0.0684. The number of benzene rings is 5. The second-order valence-electron chi connectivity index (χ2n) is 10.3. The largest absolute Gasteiger partial charge is 1.00 e. The number of rotatable bonds is 9. The number of anilines is 2. The Bertz CT molecular complexity index is 2450. The molecule has 5 aromatic rings. The average molecular weight is 751 g/mol. The van der Waals surface area contributed by atoms with E-state index in [-0.39, 0.29) is 64.8 Å². The number of aryl methyl sites for hydroxylation is 1. The molecule has 5 aromatic carbocycles. The van der Waals surface area contributed by atoms with Gasteiger partial charge < -0.3 is 26.4 Å². The molecule has 0 amide bonds. The Kier molecular flexibility index (Phi) is 13.4. The molecule has 0 heterocycles. The number of nitrogens with zero attached hydrogens (tertiary/aromatic N) is 6. The maximum Gasteiger partial charge on any atom is 1.00 e. The number of hydrogen-bond donors (Lipinski definition) is 4. The predicted octanol–water partition coefficient (Wildman–Crippen LogP) is 0.216. The number of methoxy groups -OCH3 is 1. The van der Waals surface area contributed by atoms with Gasteiger partial charge in [-0.05, 0) is 90.0 Å². The van der Waals surface area contributed by atoms with Crippen LogP contribution in [0.3, 0.4) is 0 Å². The molecular weight excluding hydrogens is 726 g/mol. The summed E-state index contributed by atoms with van der Waals surface area (Å²) in [6, 6.07) is 15.9. The van der Waals surface area contributed by atoms with Crippen molar-refractivity contribution in [3.05, 3.63) is 78.4 Å². The minimum Gasteiger partial charge on any atom is -0.872 e. The maximum absolute atomic E-state index is 13.1. The van der Waals surface area contributed by atoms with Crippen LogP contribution in [0.1, 0.15) is 5.56 Å². The van der Waals surface area contributed by atoms with Crippen molar-refractivity contribution in [2.45, 2.75) is 16.7 Å². The van der Waals surface area contributed by atoms with Crippen LogP contribution in [0.2, 0.25) is 0 Å². The first kappa shape index (κ1) is 41.4. The number of azo groups is 3. The number of ether oxygens (including phenoxy) is 1. The summed E-state index contributed by atoms with van der Waals surface area (Å²) in [7, 11) is -8.52. The third-order valence-corrected chi connectivity index (χ3v) is 8.55. The molecule has 21 heteroatoms. The van der Waals surface area contributed by atoms with E-state index in [0.717, 1.165) is 0 Å². The van der Waals surface area contributed by atoms with Crippen LogP contribution in [-0.4, -0.2) is 33.1 Å². The Labute approximate surface area is 335 Å². The van der Waals surface area contributed by atoms with E-state index in [4.69, 9.17) is 16.2 Å². The van der Waals surface area contributed by atoms with Gasteiger partial charge in [-0.3, -0.25) is 9.11 Å². The Morgan fingerprint density at radius 1 is 0.686 bits per heavy atom. The van der Waals surface area contributed by atoms with Crippen molar-refractivity contribution in [1.29, 1.82) is 0 Å². The van der Waals surface area contributed by atoms with Crippen molar-refractivity contribution in [3.63, 3.8) is 0 Å². The maximum atomic E-state index is 13.1. The van der Waals surface area contributed by atoms with Crippen LogP contribution in [0.25, 0.3) is 10.8 Å². The van der Waals surface area contributed by atoms with E-state index < -0.39 is 58.0 Å². The molecule has 0 fully saturated rings. The Morgan fingerprint density at radius 3 is 1.84 bits per heavy atom. The molecule has 5 rings (SSSR count). The van der Waals surface area contributed by atoms with Crippen molar-refractivity contribution in [2.75, 3.05) is 18.6 Å². The van der Waals surface area contributed by atoms with Gasteiger partial charge in [0.25, 0.3) is 20.2 Å². The molecule has 17 nitrogen and oxygen atoms in total. The predicted molar refractivity (Wildman–Crippen MR) is 174 cm³/mol. The van der Waals surface area contributed by atoms with E-state index in [1.165, 1.54) is 31.4 Å².